The van der Waals surface area contributed by atoms with Crippen molar-refractivity contribution in [1.82, 2.24) is 15.8 Å². The molecule has 144 valence electrons. The van der Waals surface area contributed by atoms with Gasteiger partial charge in [0.2, 0.25) is 5.91 Å². The molecule has 2 amide bonds. The number of aryl methyl sites for hydroxylation is 1. The van der Waals surface area contributed by atoms with Crippen LogP contribution in [0.1, 0.15) is 22.5 Å². The van der Waals surface area contributed by atoms with E-state index in [0.717, 1.165) is 29.5 Å². The maximum Gasteiger partial charge on any atom is 0.289 e. The van der Waals surface area contributed by atoms with Gasteiger partial charge in [-0.05, 0) is 24.1 Å². The highest BCUT2D eigenvalue weighted by Crippen LogP contribution is 2.21. The Morgan fingerprint density at radius 1 is 1.30 bits per heavy atom. The number of hydrogen-bond acceptors (Lipinski definition) is 7. The van der Waals surface area contributed by atoms with E-state index in [1.54, 1.807) is 12.5 Å². The molecule has 27 heavy (non-hydrogen) atoms. The van der Waals surface area contributed by atoms with E-state index in [-0.39, 0.29) is 18.0 Å². The molecule has 0 bridgehead atoms. The number of thiazole rings is 1. The van der Waals surface area contributed by atoms with Crippen molar-refractivity contribution in [2.45, 2.75) is 12.8 Å². The number of hydrazine groups is 1. The van der Waals surface area contributed by atoms with Gasteiger partial charge in [-0.3, -0.25) is 20.4 Å². The summed E-state index contributed by atoms with van der Waals surface area (Å²) >= 11 is 1.40. The number of ether oxygens (including phenoxy) is 2. The minimum absolute atomic E-state index is 0.254. The molecule has 2 aromatic rings. The standard InChI is InChI=1S/C18H22N4O4S/c1-25-14-4-2-3-13(11-14)5-6-16(23)20-21-17(24)15-12-27-18(19-15)22-7-9-26-10-8-22/h2-4,11-12H,5-10H2,1H3,(H,20,23)(H,21,24). The highest BCUT2D eigenvalue weighted by atomic mass is 32.1. The molecule has 2 heterocycles. The third-order valence-electron chi connectivity index (χ3n) is 4.10. The van der Waals surface area contributed by atoms with Crippen molar-refractivity contribution in [3.63, 3.8) is 0 Å². The molecule has 0 spiro atoms. The molecule has 1 aromatic carbocycles. The summed E-state index contributed by atoms with van der Waals surface area (Å²) in [5.74, 6) is 0.0520. The SMILES string of the molecule is COc1cccc(CCC(=O)NNC(=O)c2csc(N3CCOCC3)n2)c1. The number of nitrogens with one attached hydrogen (secondary N) is 2. The van der Waals surface area contributed by atoms with Crippen molar-refractivity contribution in [3.8, 4) is 5.75 Å². The smallest absolute Gasteiger partial charge is 0.289 e. The lowest BCUT2D eigenvalue weighted by atomic mass is 10.1. The van der Waals surface area contributed by atoms with E-state index in [2.05, 4.69) is 20.7 Å². The van der Waals surface area contributed by atoms with Crippen LogP contribution in [0.25, 0.3) is 0 Å². The van der Waals surface area contributed by atoms with Crippen LogP contribution in [0, 0.1) is 0 Å². The lowest BCUT2D eigenvalue weighted by Crippen LogP contribution is -2.42. The molecule has 0 atom stereocenters. The lowest BCUT2D eigenvalue weighted by molar-refractivity contribution is -0.121. The third kappa shape index (κ3) is 5.41. The first-order valence-electron chi connectivity index (χ1n) is 8.66. The molecule has 9 heteroatoms. The van der Waals surface area contributed by atoms with Crippen molar-refractivity contribution >= 4 is 28.3 Å². The number of benzene rings is 1. The molecule has 3 rings (SSSR count). The van der Waals surface area contributed by atoms with Crippen LogP contribution < -0.4 is 20.5 Å². The Hall–Kier alpha value is -2.65. The van der Waals surface area contributed by atoms with Crippen LogP contribution in [0.2, 0.25) is 0 Å². The number of rotatable bonds is 6. The molecule has 0 radical (unpaired) electrons. The van der Waals surface area contributed by atoms with E-state index >= 15 is 0 Å². The highest BCUT2D eigenvalue weighted by Gasteiger charge is 2.17. The van der Waals surface area contributed by atoms with Crippen molar-refractivity contribution in [2.24, 2.45) is 0 Å². The Balaban J connectivity index is 1.44. The van der Waals surface area contributed by atoms with Gasteiger partial charge in [-0.1, -0.05) is 12.1 Å². The monoisotopic (exact) mass is 390 g/mol. The van der Waals surface area contributed by atoms with Gasteiger partial charge >= 0.3 is 0 Å². The largest absolute Gasteiger partial charge is 0.497 e. The third-order valence-corrected chi connectivity index (χ3v) is 5.00. The van der Waals surface area contributed by atoms with Crippen molar-refractivity contribution in [3.05, 3.63) is 40.9 Å². The number of carbonyl (C=O) groups excluding carboxylic acids is 2. The first kappa shape index (κ1) is 19.1. The number of nitrogens with zero attached hydrogens (tertiary/aromatic N) is 2. The second kappa shape index (κ2) is 9.33. The van der Waals surface area contributed by atoms with Crippen molar-refractivity contribution in [1.29, 1.82) is 0 Å². The molecular formula is C18H22N4O4S. The zero-order valence-electron chi connectivity index (χ0n) is 15.1. The van der Waals surface area contributed by atoms with Gasteiger partial charge in [0.15, 0.2) is 5.13 Å². The second-order valence-corrected chi connectivity index (χ2v) is 6.81. The Bertz CT molecular complexity index is 789. The molecule has 1 aliphatic rings. The summed E-state index contributed by atoms with van der Waals surface area (Å²) in [4.78, 5) is 30.5. The van der Waals surface area contributed by atoms with E-state index in [9.17, 15) is 9.59 Å². The van der Waals surface area contributed by atoms with E-state index in [4.69, 9.17) is 9.47 Å². The fraction of sp³-hybridized carbons (Fsp3) is 0.389. The average Bonchev–Trinajstić information content (AvgIpc) is 3.21. The van der Waals surface area contributed by atoms with Crippen molar-refractivity contribution < 1.29 is 19.1 Å². The highest BCUT2D eigenvalue weighted by molar-refractivity contribution is 7.13. The van der Waals surface area contributed by atoms with E-state index < -0.39 is 5.91 Å². The summed E-state index contributed by atoms with van der Waals surface area (Å²) < 4.78 is 10.5. The predicted octanol–water partition coefficient (Wildman–Crippen LogP) is 1.38. The Labute approximate surface area is 161 Å². The summed E-state index contributed by atoms with van der Waals surface area (Å²) in [6.45, 7) is 2.83. The van der Waals surface area contributed by atoms with Crippen LogP contribution in [-0.2, 0) is 16.0 Å². The Morgan fingerprint density at radius 2 is 2.11 bits per heavy atom. The zero-order valence-corrected chi connectivity index (χ0v) is 15.9. The van der Waals surface area contributed by atoms with E-state index in [1.807, 2.05) is 24.3 Å². The number of methoxy groups -OCH3 is 1. The number of anilines is 1. The first-order chi connectivity index (χ1) is 13.2. The maximum atomic E-state index is 12.2. The molecule has 2 N–H and O–H groups in total. The molecule has 1 aromatic heterocycles. The van der Waals surface area contributed by atoms with Crippen LogP contribution in [0.5, 0.6) is 5.75 Å². The fourth-order valence-electron chi connectivity index (χ4n) is 2.61. The zero-order chi connectivity index (χ0) is 19.1. The van der Waals surface area contributed by atoms with E-state index in [0.29, 0.717) is 19.6 Å². The Kier molecular flexibility index (Phi) is 6.61. The first-order valence-corrected chi connectivity index (χ1v) is 9.54. The topological polar surface area (TPSA) is 92.8 Å². The number of hydrogen-bond donors (Lipinski definition) is 2. The number of amides is 2. The number of morpholine rings is 1. The van der Waals surface area contributed by atoms with Gasteiger partial charge in [-0.25, -0.2) is 4.98 Å². The summed E-state index contributed by atoms with van der Waals surface area (Å²) in [7, 11) is 1.60. The van der Waals surface area contributed by atoms with Gasteiger partial charge in [0, 0.05) is 24.9 Å². The minimum Gasteiger partial charge on any atom is -0.497 e. The normalized spacial score (nSPS) is 13.9. The van der Waals surface area contributed by atoms with Gasteiger partial charge in [-0.2, -0.15) is 0 Å². The predicted molar refractivity (Wildman–Crippen MR) is 102 cm³/mol. The molecule has 1 aliphatic heterocycles. The van der Waals surface area contributed by atoms with Crippen LogP contribution in [0.4, 0.5) is 5.13 Å². The summed E-state index contributed by atoms with van der Waals surface area (Å²) in [5.41, 5.74) is 6.12. The minimum atomic E-state index is -0.430. The Morgan fingerprint density at radius 3 is 2.89 bits per heavy atom. The second-order valence-electron chi connectivity index (χ2n) is 5.97. The van der Waals surface area contributed by atoms with Crippen LogP contribution in [0.15, 0.2) is 29.6 Å². The molecule has 8 nitrogen and oxygen atoms in total. The van der Waals surface area contributed by atoms with Gasteiger partial charge in [-0.15, -0.1) is 11.3 Å². The molecule has 0 unspecified atom stereocenters. The van der Waals surface area contributed by atoms with E-state index in [1.165, 1.54) is 11.3 Å². The summed E-state index contributed by atoms with van der Waals surface area (Å²) in [5, 5.41) is 2.47. The number of aromatic nitrogens is 1. The van der Waals surface area contributed by atoms with Crippen LogP contribution in [-0.4, -0.2) is 50.2 Å². The van der Waals surface area contributed by atoms with Crippen molar-refractivity contribution in [2.75, 3.05) is 38.3 Å². The molecule has 0 aliphatic carbocycles. The quantitative estimate of drug-likeness (QED) is 0.724. The average molecular weight is 390 g/mol. The van der Waals surface area contributed by atoms with Crippen LogP contribution >= 0.6 is 11.3 Å². The molecular weight excluding hydrogens is 368 g/mol. The fourth-order valence-corrected chi connectivity index (χ4v) is 3.47. The molecule has 1 fully saturated rings. The number of carbonyl (C=O) groups is 2. The summed E-state index contributed by atoms with van der Waals surface area (Å²) in [6, 6.07) is 7.54. The maximum absolute atomic E-state index is 12.2. The molecule has 1 saturated heterocycles. The lowest BCUT2D eigenvalue weighted by Gasteiger charge is -2.25. The van der Waals surface area contributed by atoms with Gasteiger partial charge in [0.05, 0.1) is 20.3 Å². The van der Waals surface area contributed by atoms with Gasteiger partial charge < -0.3 is 14.4 Å². The molecule has 0 saturated carbocycles. The van der Waals surface area contributed by atoms with Gasteiger partial charge in [0.25, 0.3) is 5.91 Å². The van der Waals surface area contributed by atoms with Crippen LogP contribution in [0.3, 0.4) is 0 Å². The summed E-state index contributed by atoms with van der Waals surface area (Å²) in [6.07, 6.45) is 0.806. The van der Waals surface area contributed by atoms with Gasteiger partial charge in [0.1, 0.15) is 11.4 Å².